The van der Waals surface area contributed by atoms with Crippen molar-refractivity contribution in [3.05, 3.63) is 76.0 Å². The Bertz CT molecular complexity index is 1100. The van der Waals surface area contributed by atoms with Crippen LogP contribution >= 0.6 is 26.0 Å². The van der Waals surface area contributed by atoms with Gasteiger partial charge in [0, 0.05) is 21.5 Å². The van der Waals surface area contributed by atoms with Crippen LogP contribution in [-0.4, -0.2) is 36.4 Å². The molecule has 0 fully saturated rings. The highest BCUT2D eigenvalue weighted by Crippen LogP contribution is 2.62. The molecule has 0 radical (unpaired) electrons. The zero-order valence-electron chi connectivity index (χ0n) is 18.8. The van der Waals surface area contributed by atoms with Crippen LogP contribution in [0.2, 0.25) is 0 Å². The lowest BCUT2D eigenvalue weighted by Crippen LogP contribution is -2.34. The second kappa shape index (κ2) is 9.63. The maximum atomic E-state index is 14.0. The van der Waals surface area contributed by atoms with E-state index in [9.17, 15) is 8.42 Å². The fourth-order valence-electron chi connectivity index (χ4n) is 4.55. The third-order valence-corrected chi connectivity index (χ3v) is 14.2. The quantitative estimate of drug-likeness (QED) is 0.402. The van der Waals surface area contributed by atoms with E-state index in [2.05, 4.69) is 59.7 Å². The van der Waals surface area contributed by atoms with E-state index in [1.165, 1.54) is 5.56 Å². The molecule has 0 aliphatic heterocycles. The highest BCUT2D eigenvalue weighted by molar-refractivity contribution is 9.10. The van der Waals surface area contributed by atoms with Crippen molar-refractivity contribution < 1.29 is 8.42 Å². The number of halogens is 1. The minimum Gasteiger partial charge on any atom is -0.255 e. The smallest absolute Gasteiger partial charge is 0.183 e. The predicted octanol–water partition coefficient (Wildman–Crippen LogP) is 6.79. The molecule has 2 atom stereocenters. The summed E-state index contributed by atoms with van der Waals surface area (Å²) in [5.74, 6) is 2.18. The largest absolute Gasteiger partial charge is 0.255 e. The van der Waals surface area contributed by atoms with Crippen LogP contribution in [0.3, 0.4) is 0 Å². The topological polar surface area (TPSA) is 47.0 Å². The lowest BCUT2D eigenvalue weighted by Gasteiger charge is -2.47. The lowest BCUT2D eigenvalue weighted by atomic mass is 9.91. The summed E-state index contributed by atoms with van der Waals surface area (Å²) in [4.78, 5) is 4.73. The van der Waals surface area contributed by atoms with Gasteiger partial charge in [0.1, 0.15) is 0 Å². The zero-order valence-corrected chi connectivity index (χ0v) is 22.0. The number of sulfone groups is 1. The number of nitrogens with zero attached hydrogens (tertiary/aromatic N) is 1. The van der Waals surface area contributed by atoms with Gasteiger partial charge in [-0.25, -0.2) is 18.4 Å². The highest BCUT2D eigenvalue weighted by Gasteiger charge is 2.42. The number of hydrogen-bond donors (Lipinski definition) is 0. The molecule has 0 spiro atoms. The molecule has 3 rings (SSSR count). The van der Waals surface area contributed by atoms with Gasteiger partial charge in [-0.05, 0) is 60.8 Å². The zero-order chi connectivity index (χ0) is 22.8. The van der Waals surface area contributed by atoms with Crippen molar-refractivity contribution in [3.8, 4) is 0 Å². The monoisotopic (exact) mass is 521 g/mol. The van der Waals surface area contributed by atoms with Gasteiger partial charge in [0.25, 0.3) is 0 Å². The summed E-state index contributed by atoms with van der Waals surface area (Å²) >= 11 is 3.71. The Hall–Kier alpha value is -1.37. The van der Waals surface area contributed by atoms with Gasteiger partial charge in [-0.1, -0.05) is 66.7 Å². The Morgan fingerprint density at radius 2 is 1.94 bits per heavy atom. The van der Waals surface area contributed by atoms with Crippen LogP contribution in [0.4, 0.5) is 0 Å². The Morgan fingerprint density at radius 3 is 2.55 bits per heavy atom. The van der Waals surface area contributed by atoms with Gasteiger partial charge < -0.3 is 0 Å². The van der Waals surface area contributed by atoms with Crippen LogP contribution in [0, 0.1) is 0 Å². The van der Waals surface area contributed by atoms with E-state index < -0.39 is 25.1 Å². The van der Waals surface area contributed by atoms with Crippen LogP contribution in [0.25, 0.3) is 11.0 Å². The third kappa shape index (κ3) is 4.44. The average molecular weight is 523 g/mol. The van der Waals surface area contributed by atoms with Crippen molar-refractivity contribution in [1.29, 1.82) is 0 Å². The Balaban J connectivity index is 2.14. The van der Waals surface area contributed by atoms with Gasteiger partial charge in [0.05, 0.1) is 15.8 Å². The molecule has 3 nitrogen and oxygen atoms in total. The maximum absolute atomic E-state index is 14.0. The molecule has 0 amide bonds. The van der Waals surface area contributed by atoms with Crippen molar-refractivity contribution >= 4 is 46.8 Å². The number of hydrogen-bond acceptors (Lipinski definition) is 3. The summed E-state index contributed by atoms with van der Waals surface area (Å²) in [5.41, 5.74) is 3.71. The normalized spacial score (nSPS) is 20.2. The molecule has 0 saturated heterocycles. The predicted molar refractivity (Wildman–Crippen MR) is 140 cm³/mol. The van der Waals surface area contributed by atoms with E-state index in [1.807, 2.05) is 18.2 Å². The maximum Gasteiger partial charge on any atom is 0.183 e. The van der Waals surface area contributed by atoms with Crippen LogP contribution in [-0.2, 0) is 16.3 Å². The van der Waals surface area contributed by atoms with Gasteiger partial charge in [-0.15, -0.1) is 0 Å². The number of aromatic nitrogens is 1. The summed E-state index contributed by atoms with van der Waals surface area (Å²) in [6.45, 7) is 10.1. The van der Waals surface area contributed by atoms with Gasteiger partial charge in [-0.3, -0.25) is 4.98 Å². The van der Waals surface area contributed by atoms with E-state index in [-0.39, 0.29) is 5.25 Å². The minimum atomic E-state index is -3.59. The number of fused-ring (bicyclic) bond motifs is 1. The number of rotatable bonds is 7. The SMILES string of the molecule is C=Cc1cccnc1/C(=C\C)S(=O)(=O)C1Cc2c(Br)cccc2C(S(C)(CC)CC)C1. The minimum absolute atomic E-state index is 0.268. The molecule has 1 aromatic carbocycles. The Labute approximate surface area is 197 Å². The van der Waals surface area contributed by atoms with E-state index in [0.29, 0.717) is 23.4 Å². The van der Waals surface area contributed by atoms with E-state index in [4.69, 9.17) is 0 Å². The number of allylic oxidation sites excluding steroid dienone is 1. The fourth-order valence-corrected chi connectivity index (χ4v) is 9.92. The van der Waals surface area contributed by atoms with Crippen LogP contribution < -0.4 is 0 Å². The Kier molecular flexibility index (Phi) is 7.54. The summed E-state index contributed by atoms with van der Waals surface area (Å²) in [6.07, 6.45) is 8.57. The summed E-state index contributed by atoms with van der Waals surface area (Å²) in [6, 6.07) is 9.98. The first-order valence-corrected chi connectivity index (χ1v) is 15.5. The van der Waals surface area contributed by atoms with E-state index in [0.717, 1.165) is 27.1 Å². The molecule has 31 heavy (non-hydrogen) atoms. The van der Waals surface area contributed by atoms with Crippen molar-refractivity contribution in [1.82, 2.24) is 4.98 Å². The molecule has 2 aromatic rings. The molecule has 1 aliphatic rings. The second-order valence-electron chi connectivity index (χ2n) is 8.13. The number of pyridine rings is 1. The first-order valence-electron chi connectivity index (χ1n) is 10.7. The molecule has 0 N–H and O–H groups in total. The standard InChI is InChI=1S/C25H32BrNO2S2/c1-6-18-12-11-15-27-25(18)23(7-2)31(28,29)19-16-21-20(13-10-14-22(21)26)24(17-19)30(5,8-3)9-4/h6-7,10-15,19,24H,1,8-9,16-17H2,2-5H3/b23-7+. The molecule has 0 saturated carbocycles. The van der Waals surface area contributed by atoms with Crippen molar-refractivity contribution in [3.63, 3.8) is 0 Å². The molecular weight excluding hydrogens is 490 g/mol. The molecule has 1 heterocycles. The van der Waals surface area contributed by atoms with Gasteiger partial charge in [-0.2, -0.15) is 0 Å². The summed E-state index contributed by atoms with van der Waals surface area (Å²) in [5, 5.41) is -0.205. The molecular formula is C25H32BrNO2S2. The molecule has 2 unspecified atom stereocenters. The van der Waals surface area contributed by atoms with Crippen LogP contribution in [0.5, 0.6) is 0 Å². The van der Waals surface area contributed by atoms with Crippen LogP contribution in [0.15, 0.2) is 53.7 Å². The first kappa shape index (κ1) is 24.3. The van der Waals surface area contributed by atoms with Crippen molar-refractivity contribution in [2.75, 3.05) is 17.8 Å². The van der Waals surface area contributed by atoms with Gasteiger partial charge in [0.15, 0.2) is 9.84 Å². The second-order valence-corrected chi connectivity index (χ2v) is 15.6. The summed E-state index contributed by atoms with van der Waals surface area (Å²) in [7, 11) is -4.57. The van der Waals surface area contributed by atoms with Gasteiger partial charge >= 0.3 is 0 Å². The van der Waals surface area contributed by atoms with Crippen molar-refractivity contribution in [2.45, 2.75) is 44.1 Å². The Morgan fingerprint density at radius 1 is 1.23 bits per heavy atom. The molecule has 168 valence electrons. The average Bonchev–Trinajstić information content (AvgIpc) is 2.78. The van der Waals surface area contributed by atoms with Gasteiger partial charge in [0.2, 0.25) is 0 Å². The third-order valence-electron chi connectivity index (χ3n) is 6.72. The highest BCUT2D eigenvalue weighted by atomic mass is 79.9. The van der Waals surface area contributed by atoms with Crippen molar-refractivity contribution in [2.24, 2.45) is 0 Å². The lowest BCUT2D eigenvalue weighted by molar-refractivity contribution is 0.567. The summed E-state index contributed by atoms with van der Waals surface area (Å²) < 4.78 is 29.0. The molecule has 1 aromatic heterocycles. The van der Waals surface area contributed by atoms with E-state index >= 15 is 0 Å². The number of benzene rings is 1. The fraction of sp³-hybridized carbons (Fsp3) is 0.400. The molecule has 6 heteroatoms. The molecule has 1 aliphatic carbocycles. The first-order chi connectivity index (χ1) is 14.7. The molecule has 0 bridgehead atoms. The van der Waals surface area contributed by atoms with E-state index in [1.54, 1.807) is 25.3 Å². The van der Waals surface area contributed by atoms with Crippen LogP contribution in [0.1, 0.15) is 54.8 Å².